The number of nitrogen functional groups attached to an aromatic ring is 1. The molecule has 0 aliphatic carbocycles. The number of nitrogens with zero attached hydrogens (tertiary/aromatic N) is 3. The number of halogens is 3. The molecule has 0 saturated carbocycles. The first-order valence-electron chi connectivity index (χ1n) is 5.66. The van der Waals surface area contributed by atoms with Crippen LogP contribution in [-0.4, -0.2) is 14.7 Å². The van der Waals surface area contributed by atoms with Crippen LogP contribution in [0.5, 0.6) is 0 Å². The third kappa shape index (κ3) is 3.11. The number of aromatic nitrogens is 2. The molecule has 0 fully saturated rings. The number of alkyl halides is 3. The van der Waals surface area contributed by atoms with Crippen molar-refractivity contribution in [2.24, 2.45) is 5.84 Å². The van der Waals surface area contributed by atoms with Crippen molar-refractivity contribution in [3.05, 3.63) is 51.8 Å². The van der Waals surface area contributed by atoms with Crippen molar-refractivity contribution in [1.29, 1.82) is 0 Å². The average molecular weight is 301 g/mol. The molecular weight excluding hydrogens is 291 g/mol. The Morgan fingerprint density at radius 2 is 2.10 bits per heavy atom. The van der Waals surface area contributed by atoms with E-state index in [4.69, 9.17) is 5.84 Å². The predicted molar refractivity (Wildman–Crippen MR) is 67.2 cm³/mol. The Labute approximate surface area is 116 Å². The first-order valence-corrected chi connectivity index (χ1v) is 5.66. The summed E-state index contributed by atoms with van der Waals surface area (Å²) in [4.78, 5) is 10.2. The van der Waals surface area contributed by atoms with Crippen molar-refractivity contribution < 1.29 is 18.1 Å². The van der Waals surface area contributed by atoms with E-state index in [1.807, 2.05) is 0 Å². The van der Waals surface area contributed by atoms with E-state index in [9.17, 15) is 23.3 Å². The van der Waals surface area contributed by atoms with Crippen molar-refractivity contribution in [1.82, 2.24) is 9.78 Å². The fourth-order valence-corrected chi connectivity index (χ4v) is 1.81. The normalized spacial score (nSPS) is 11.4. The van der Waals surface area contributed by atoms with Crippen LogP contribution in [0.25, 0.3) is 0 Å². The van der Waals surface area contributed by atoms with Crippen LogP contribution in [0.1, 0.15) is 11.3 Å². The Morgan fingerprint density at radius 1 is 1.38 bits per heavy atom. The summed E-state index contributed by atoms with van der Waals surface area (Å²) in [5, 5.41) is 14.2. The SMILES string of the molecule is NNc1c(Cn2ccc(C(F)(F)F)n2)cccc1[N+](=O)[O-]. The Kier molecular flexibility index (Phi) is 3.80. The highest BCUT2D eigenvalue weighted by molar-refractivity contribution is 5.65. The number of para-hydroxylation sites is 1. The molecule has 2 aromatic rings. The fraction of sp³-hybridized carbons (Fsp3) is 0.182. The van der Waals surface area contributed by atoms with Crippen LogP contribution in [0.4, 0.5) is 24.5 Å². The molecule has 0 radical (unpaired) electrons. The summed E-state index contributed by atoms with van der Waals surface area (Å²) >= 11 is 0. The zero-order chi connectivity index (χ0) is 15.6. The van der Waals surface area contributed by atoms with Crippen LogP contribution in [0.3, 0.4) is 0 Å². The first-order chi connectivity index (χ1) is 9.82. The van der Waals surface area contributed by atoms with Crippen molar-refractivity contribution in [3.63, 3.8) is 0 Å². The Hall–Kier alpha value is -2.62. The summed E-state index contributed by atoms with van der Waals surface area (Å²) in [5.74, 6) is 5.25. The van der Waals surface area contributed by atoms with Crippen molar-refractivity contribution in [2.45, 2.75) is 12.7 Å². The number of anilines is 1. The predicted octanol–water partition coefficient (Wildman–Crippen LogP) is 2.14. The maximum Gasteiger partial charge on any atom is 0.435 e. The van der Waals surface area contributed by atoms with E-state index in [1.165, 1.54) is 18.2 Å². The molecule has 0 aliphatic rings. The molecule has 0 saturated heterocycles. The molecule has 0 amide bonds. The highest BCUT2D eigenvalue weighted by Gasteiger charge is 2.33. The number of hydrogen-bond acceptors (Lipinski definition) is 5. The van der Waals surface area contributed by atoms with Gasteiger partial charge >= 0.3 is 6.18 Å². The van der Waals surface area contributed by atoms with E-state index in [0.29, 0.717) is 5.56 Å². The summed E-state index contributed by atoms with van der Waals surface area (Å²) < 4.78 is 38.4. The molecule has 1 aromatic carbocycles. The number of nitro benzene ring substituents is 1. The van der Waals surface area contributed by atoms with Gasteiger partial charge in [0.2, 0.25) is 0 Å². The largest absolute Gasteiger partial charge is 0.435 e. The van der Waals surface area contributed by atoms with E-state index in [2.05, 4.69) is 10.5 Å². The molecule has 0 spiro atoms. The maximum absolute atomic E-state index is 12.5. The highest BCUT2D eigenvalue weighted by Crippen LogP contribution is 2.29. The molecule has 112 valence electrons. The second-order valence-corrected chi connectivity index (χ2v) is 4.11. The highest BCUT2D eigenvalue weighted by atomic mass is 19.4. The molecule has 10 heteroatoms. The lowest BCUT2D eigenvalue weighted by atomic mass is 10.1. The van der Waals surface area contributed by atoms with Gasteiger partial charge in [0.15, 0.2) is 5.69 Å². The lowest BCUT2D eigenvalue weighted by molar-refractivity contribution is -0.384. The zero-order valence-corrected chi connectivity index (χ0v) is 10.5. The minimum atomic E-state index is -4.54. The molecule has 21 heavy (non-hydrogen) atoms. The molecule has 2 rings (SSSR count). The van der Waals surface area contributed by atoms with Gasteiger partial charge in [0.1, 0.15) is 5.69 Å². The first kappa shape index (κ1) is 14.8. The van der Waals surface area contributed by atoms with Gasteiger partial charge in [0.25, 0.3) is 5.69 Å². The van der Waals surface area contributed by atoms with Crippen LogP contribution in [0, 0.1) is 10.1 Å². The third-order valence-electron chi connectivity index (χ3n) is 2.73. The van der Waals surface area contributed by atoms with Gasteiger partial charge in [-0.2, -0.15) is 18.3 Å². The van der Waals surface area contributed by atoms with E-state index in [1.54, 1.807) is 0 Å². The summed E-state index contributed by atoms with van der Waals surface area (Å²) in [6.07, 6.45) is -3.40. The molecule has 7 nitrogen and oxygen atoms in total. The topological polar surface area (TPSA) is 99.0 Å². The number of nitrogens with one attached hydrogen (secondary N) is 1. The summed E-state index contributed by atoms with van der Waals surface area (Å²) in [5.41, 5.74) is 1.28. The van der Waals surface area contributed by atoms with Crippen molar-refractivity contribution in [3.8, 4) is 0 Å². The Morgan fingerprint density at radius 3 is 2.62 bits per heavy atom. The number of rotatable bonds is 4. The van der Waals surface area contributed by atoms with Crippen LogP contribution < -0.4 is 11.3 Å². The van der Waals surface area contributed by atoms with Crippen molar-refractivity contribution >= 4 is 11.4 Å². The lowest BCUT2D eigenvalue weighted by Gasteiger charge is -2.09. The quantitative estimate of drug-likeness (QED) is 0.512. The minimum Gasteiger partial charge on any atom is -0.318 e. The molecule has 0 atom stereocenters. The fourth-order valence-electron chi connectivity index (χ4n) is 1.81. The summed E-state index contributed by atoms with van der Waals surface area (Å²) in [6, 6.07) is 5.00. The van der Waals surface area contributed by atoms with Crippen LogP contribution in [-0.2, 0) is 12.7 Å². The Bertz CT molecular complexity index is 668. The zero-order valence-electron chi connectivity index (χ0n) is 10.5. The van der Waals surface area contributed by atoms with Crippen molar-refractivity contribution in [2.75, 3.05) is 5.43 Å². The van der Waals surface area contributed by atoms with E-state index < -0.39 is 16.8 Å². The van der Waals surface area contributed by atoms with Crippen LogP contribution >= 0.6 is 0 Å². The molecule has 0 unspecified atom stereocenters. The second-order valence-electron chi connectivity index (χ2n) is 4.11. The van der Waals surface area contributed by atoms with Gasteiger partial charge in [-0.15, -0.1) is 0 Å². The minimum absolute atomic E-state index is 0.0339. The molecular formula is C11H10F3N5O2. The van der Waals surface area contributed by atoms with Gasteiger partial charge in [-0.3, -0.25) is 20.6 Å². The molecule has 1 heterocycles. The van der Waals surface area contributed by atoms with E-state index in [-0.39, 0.29) is 17.9 Å². The number of hydrazine groups is 1. The van der Waals surface area contributed by atoms with Crippen LogP contribution in [0.15, 0.2) is 30.5 Å². The van der Waals surface area contributed by atoms with Gasteiger partial charge in [-0.25, -0.2) is 0 Å². The molecule has 1 aromatic heterocycles. The second kappa shape index (κ2) is 5.40. The number of nitrogens with two attached hydrogens (primary N) is 1. The summed E-state index contributed by atoms with van der Waals surface area (Å²) in [7, 11) is 0. The van der Waals surface area contributed by atoms with Gasteiger partial charge in [0, 0.05) is 17.8 Å². The standard InChI is InChI=1S/C11H10F3N5O2/c12-11(13,14)9-4-5-18(17-9)6-7-2-1-3-8(19(20)21)10(7)16-15/h1-5,16H,6,15H2. The Balaban J connectivity index is 2.34. The van der Waals surface area contributed by atoms with Gasteiger partial charge in [0.05, 0.1) is 11.5 Å². The smallest absolute Gasteiger partial charge is 0.318 e. The van der Waals surface area contributed by atoms with Gasteiger partial charge in [-0.1, -0.05) is 12.1 Å². The monoisotopic (exact) mass is 301 g/mol. The van der Waals surface area contributed by atoms with Crippen LogP contribution in [0.2, 0.25) is 0 Å². The number of nitro groups is 1. The van der Waals surface area contributed by atoms with Gasteiger partial charge < -0.3 is 5.43 Å². The lowest BCUT2D eigenvalue weighted by Crippen LogP contribution is -2.14. The van der Waals surface area contributed by atoms with Gasteiger partial charge in [-0.05, 0) is 6.07 Å². The number of benzene rings is 1. The van der Waals surface area contributed by atoms with E-state index in [0.717, 1.165) is 16.9 Å². The average Bonchev–Trinajstić information content (AvgIpc) is 2.87. The number of hydrogen-bond donors (Lipinski definition) is 2. The maximum atomic E-state index is 12.5. The van der Waals surface area contributed by atoms with E-state index >= 15 is 0 Å². The third-order valence-corrected chi connectivity index (χ3v) is 2.73. The molecule has 3 N–H and O–H groups in total. The molecule has 0 aliphatic heterocycles. The summed E-state index contributed by atoms with van der Waals surface area (Å²) in [6.45, 7) is -0.0860. The molecule has 0 bridgehead atoms.